The van der Waals surface area contributed by atoms with Crippen LogP contribution in [0.5, 0.6) is 11.5 Å². The minimum absolute atomic E-state index is 0.150. The largest absolute Gasteiger partial charge is 0.454 e. The summed E-state index contributed by atoms with van der Waals surface area (Å²) < 4.78 is 13.1. The van der Waals surface area contributed by atoms with Crippen LogP contribution in [-0.4, -0.2) is 16.6 Å². The molecular formula is C24H23N3O2. The van der Waals surface area contributed by atoms with Crippen molar-refractivity contribution in [3.05, 3.63) is 83.7 Å². The molecule has 5 heteroatoms. The number of fused-ring (bicyclic) bond motifs is 2. The number of nitrogens with one attached hydrogen (secondary N) is 1. The average Bonchev–Trinajstić information content (AvgIpc) is 3.38. The summed E-state index contributed by atoms with van der Waals surface area (Å²) in [5.74, 6) is 1.66. The molecule has 5 rings (SSSR count). The van der Waals surface area contributed by atoms with Crippen molar-refractivity contribution in [3.8, 4) is 17.2 Å². The Kier molecular flexibility index (Phi) is 4.45. The van der Waals surface area contributed by atoms with Gasteiger partial charge in [-0.05, 0) is 31.4 Å². The van der Waals surface area contributed by atoms with Gasteiger partial charge in [0.15, 0.2) is 11.5 Å². The van der Waals surface area contributed by atoms with E-state index in [-0.39, 0.29) is 6.04 Å². The zero-order valence-electron chi connectivity index (χ0n) is 16.6. The molecule has 2 heterocycles. The van der Waals surface area contributed by atoms with Crippen LogP contribution < -0.4 is 14.8 Å². The lowest BCUT2D eigenvalue weighted by molar-refractivity contribution is 0.173. The topological polar surface area (TPSA) is 48.3 Å². The molecule has 1 aliphatic heterocycles. The second-order valence-electron chi connectivity index (χ2n) is 7.35. The van der Waals surface area contributed by atoms with Gasteiger partial charge in [-0.25, -0.2) is 4.68 Å². The number of para-hydroxylation sites is 1. The van der Waals surface area contributed by atoms with E-state index in [1.165, 1.54) is 16.3 Å². The maximum atomic E-state index is 5.62. The van der Waals surface area contributed by atoms with Crippen LogP contribution in [0, 0.1) is 6.92 Å². The molecule has 0 saturated carbocycles. The standard InChI is InChI=1S/C24H23N3O2/c1-16(25-13-19-9-6-12-23-24(19)29-15-28-23)21-14-26-27(17(21)2)22-11-5-8-18-7-3-4-10-20(18)22/h3-12,14,16,25H,13,15H2,1-2H3. The minimum atomic E-state index is 0.150. The molecule has 0 amide bonds. The van der Waals surface area contributed by atoms with Crippen molar-refractivity contribution in [1.82, 2.24) is 15.1 Å². The van der Waals surface area contributed by atoms with Gasteiger partial charge in [0.2, 0.25) is 6.79 Å². The van der Waals surface area contributed by atoms with Gasteiger partial charge < -0.3 is 14.8 Å². The third-order valence-electron chi connectivity index (χ3n) is 5.59. The lowest BCUT2D eigenvalue weighted by Crippen LogP contribution is -2.19. The molecule has 0 bridgehead atoms. The van der Waals surface area contributed by atoms with Gasteiger partial charge in [0, 0.05) is 34.8 Å². The fraction of sp³-hybridized carbons (Fsp3) is 0.208. The van der Waals surface area contributed by atoms with Crippen LogP contribution in [0.2, 0.25) is 0 Å². The molecule has 146 valence electrons. The molecule has 1 aromatic heterocycles. The van der Waals surface area contributed by atoms with Gasteiger partial charge in [-0.15, -0.1) is 0 Å². The van der Waals surface area contributed by atoms with Crippen LogP contribution in [0.15, 0.2) is 66.9 Å². The Balaban J connectivity index is 1.40. The molecule has 0 spiro atoms. The van der Waals surface area contributed by atoms with Crippen LogP contribution >= 0.6 is 0 Å². The van der Waals surface area contributed by atoms with Crippen molar-refractivity contribution >= 4 is 10.8 Å². The zero-order chi connectivity index (χ0) is 19.8. The number of hydrogen-bond acceptors (Lipinski definition) is 4. The SMILES string of the molecule is Cc1c(C(C)NCc2cccc3c2OCO3)cnn1-c1cccc2ccccc12. The van der Waals surface area contributed by atoms with E-state index < -0.39 is 0 Å². The molecule has 0 fully saturated rings. The van der Waals surface area contributed by atoms with E-state index in [0.29, 0.717) is 13.3 Å². The summed E-state index contributed by atoms with van der Waals surface area (Å²) >= 11 is 0. The highest BCUT2D eigenvalue weighted by Gasteiger charge is 2.19. The highest BCUT2D eigenvalue weighted by atomic mass is 16.7. The molecule has 1 unspecified atom stereocenters. The maximum absolute atomic E-state index is 5.62. The van der Waals surface area contributed by atoms with E-state index in [1.54, 1.807) is 0 Å². The Hall–Kier alpha value is -3.31. The van der Waals surface area contributed by atoms with E-state index >= 15 is 0 Å². The second kappa shape index (κ2) is 7.26. The van der Waals surface area contributed by atoms with Crippen molar-refractivity contribution < 1.29 is 9.47 Å². The van der Waals surface area contributed by atoms with Crippen LogP contribution in [-0.2, 0) is 6.54 Å². The van der Waals surface area contributed by atoms with E-state index in [1.807, 2.05) is 23.0 Å². The first-order chi connectivity index (χ1) is 14.2. The molecule has 1 N–H and O–H groups in total. The van der Waals surface area contributed by atoms with Gasteiger partial charge in [0.25, 0.3) is 0 Å². The van der Waals surface area contributed by atoms with E-state index in [0.717, 1.165) is 28.4 Å². The molecule has 3 aromatic carbocycles. The fourth-order valence-corrected chi connectivity index (χ4v) is 3.99. The highest BCUT2D eigenvalue weighted by Crippen LogP contribution is 2.35. The van der Waals surface area contributed by atoms with Gasteiger partial charge >= 0.3 is 0 Å². The predicted molar refractivity (Wildman–Crippen MR) is 114 cm³/mol. The Morgan fingerprint density at radius 2 is 1.86 bits per heavy atom. The third kappa shape index (κ3) is 3.13. The molecular weight excluding hydrogens is 362 g/mol. The Morgan fingerprint density at radius 3 is 2.79 bits per heavy atom. The predicted octanol–water partition coefficient (Wildman–Crippen LogP) is 4.91. The lowest BCUT2D eigenvalue weighted by atomic mass is 10.1. The first-order valence-electron chi connectivity index (χ1n) is 9.86. The van der Waals surface area contributed by atoms with Crippen molar-refractivity contribution in [2.75, 3.05) is 6.79 Å². The summed E-state index contributed by atoms with van der Waals surface area (Å²) in [6, 6.07) is 20.9. The smallest absolute Gasteiger partial charge is 0.231 e. The number of aromatic nitrogens is 2. The van der Waals surface area contributed by atoms with Crippen LogP contribution in [0.1, 0.15) is 29.8 Å². The number of ether oxygens (including phenoxy) is 2. The average molecular weight is 385 g/mol. The van der Waals surface area contributed by atoms with Crippen molar-refractivity contribution in [2.45, 2.75) is 26.4 Å². The van der Waals surface area contributed by atoms with Crippen LogP contribution in [0.3, 0.4) is 0 Å². The summed E-state index contributed by atoms with van der Waals surface area (Å²) in [6.07, 6.45) is 1.96. The molecule has 1 atom stereocenters. The number of hydrogen-bond donors (Lipinski definition) is 1. The maximum Gasteiger partial charge on any atom is 0.231 e. The third-order valence-corrected chi connectivity index (χ3v) is 5.59. The van der Waals surface area contributed by atoms with E-state index in [4.69, 9.17) is 14.6 Å². The van der Waals surface area contributed by atoms with Crippen LogP contribution in [0.25, 0.3) is 16.5 Å². The summed E-state index contributed by atoms with van der Waals surface area (Å²) in [6.45, 7) is 5.28. The zero-order valence-corrected chi connectivity index (χ0v) is 16.6. The highest BCUT2D eigenvalue weighted by molar-refractivity contribution is 5.90. The number of benzene rings is 3. The molecule has 0 radical (unpaired) electrons. The normalized spacial score (nSPS) is 13.7. The Morgan fingerprint density at radius 1 is 1.03 bits per heavy atom. The molecule has 5 nitrogen and oxygen atoms in total. The molecule has 0 aliphatic carbocycles. The summed E-state index contributed by atoms with van der Waals surface area (Å²) in [5.41, 5.74) is 4.53. The van der Waals surface area contributed by atoms with Gasteiger partial charge in [0.1, 0.15) is 0 Å². The number of nitrogens with zero attached hydrogens (tertiary/aromatic N) is 2. The van der Waals surface area contributed by atoms with Gasteiger partial charge in [-0.2, -0.15) is 5.10 Å². The fourth-order valence-electron chi connectivity index (χ4n) is 3.99. The van der Waals surface area contributed by atoms with Gasteiger partial charge in [-0.1, -0.05) is 48.5 Å². The van der Waals surface area contributed by atoms with E-state index in [9.17, 15) is 0 Å². The number of rotatable bonds is 5. The van der Waals surface area contributed by atoms with Gasteiger partial charge in [0.05, 0.1) is 11.9 Å². The Labute approximate surface area is 169 Å². The second-order valence-corrected chi connectivity index (χ2v) is 7.35. The quantitative estimate of drug-likeness (QED) is 0.530. The first kappa shape index (κ1) is 17.8. The lowest BCUT2D eigenvalue weighted by Gasteiger charge is -2.15. The Bertz CT molecular complexity index is 1180. The van der Waals surface area contributed by atoms with Gasteiger partial charge in [-0.3, -0.25) is 0 Å². The summed E-state index contributed by atoms with van der Waals surface area (Å²) in [5, 5.41) is 10.7. The molecule has 29 heavy (non-hydrogen) atoms. The van der Waals surface area contributed by atoms with Crippen LogP contribution in [0.4, 0.5) is 0 Å². The first-order valence-corrected chi connectivity index (χ1v) is 9.86. The van der Waals surface area contributed by atoms with Crippen molar-refractivity contribution in [1.29, 1.82) is 0 Å². The molecule has 4 aromatic rings. The summed E-state index contributed by atoms with van der Waals surface area (Å²) in [4.78, 5) is 0. The van der Waals surface area contributed by atoms with Crippen molar-refractivity contribution in [2.24, 2.45) is 0 Å². The molecule has 1 aliphatic rings. The summed E-state index contributed by atoms with van der Waals surface area (Å²) in [7, 11) is 0. The molecule has 0 saturated heterocycles. The van der Waals surface area contributed by atoms with E-state index in [2.05, 4.69) is 67.7 Å². The van der Waals surface area contributed by atoms with Crippen molar-refractivity contribution in [3.63, 3.8) is 0 Å². The monoisotopic (exact) mass is 385 g/mol. The minimum Gasteiger partial charge on any atom is -0.454 e.